The van der Waals surface area contributed by atoms with Gasteiger partial charge in [0.15, 0.2) is 9.84 Å². The van der Waals surface area contributed by atoms with Crippen molar-refractivity contribution in [2.24, 2.45) is 5.41 Å². The first kappa shape index (κ1) is 17.5. The first-order valence-electron chi connectivity index (χ1n) is 6.26. The molecule has 0 spiro atoms. The normalized spacial score (nSPS) is 11.9. The molecule has 1 aromatic carbocycles. The zero-order valence-electron chi connectivity index (χ0n) is 11.8. The molecule has 0 aromatic heterocycles. The second-order valence-corrected chi connectivity index (χ2v) is 7.85. The zero-order chi connectivity index (χ0) is 16.3. The summed E-state index contributed by atoms with van der Waals surface area (Å²) in [4.78, 5) is 10.7. The maximum atomic E-state index is 12.2. The molecule has 0 saturated carbocycles. The summed E-state index contributed by atoms with van der Waals surface area (Å²) in [6.07, 6.45) is 0.732. The van der Waals surface area contributed by atoms with Crippen LogP contribution in [-0.2, 0) is 9.84 Å². The molecule has 0 unspecified atom stereocenters. The van der Waals surface area contributed by atoms with Crippen LogP contribution in [0.5, 0.6) is 0 Å². The van der Waals surface area contributed by atoms with Gasteiger partial charge in [-0.3, -0.25) is 0 Å². The second-order valence-electron chi connectivity index (χ2n) is 5.37. The monoisotopic (exact) mass is 329 g/mol. The minimum Gasteiger partial charge on any atom is -0.478 e. The second kappa shape index (κ2) is 6.46. The third-order valence-electron chi connectivity index (χ3n) is 3.03. The Hall–Kier alpha value is -1.58. The Morgan fingerprint density at radius 3 is 2.57 bits per heavy atom. The molecule has 1 aromatic rings. The molecule has 0 bridgehead atoms. The topological polar surface area (TPSA) is 95.2 Å². The van der Waals surface area contributed by atoms with E-state index in [2.05, 4.69) is 6.07 Å². The quantitative estimate of drug-likeness (QED) is 0.865. The van der Waals surface area contributed by atoms with Gasteiger partial charge in [-0.2, -0.15) is 5.26 Å². The highest BCUT2D eigenvalue weighted by molar-refractivity contribution is 7.91. The summed E-state index contributed by atoms with van der Waals surface area (Å²) in [7, 11) is -3.68. The lowest BCUT2D eigenvalue weighted by Gasteiger charge is -2.14. The molecule has 0 atom stereocenters. The van der Waals surface area contributed by atoms with Crippen LogP contribution in [0, 0.1) is 16.7 Å². The predicted octanol–water partition coefficient (Wildman–Crippen LogP) is 3.14. The minimum absolute atomic E-state index is 0.000423. The molecule has 21 heavy (non-hydrogen) atoms. The Balaban J connectivity index is 2.96. The van der Waals surface area contributed by atoms with E-state index in [0.717, 1.165) is 6.07 Å². The number of rotatable bonds is 6. The average molecular weight is 330 g/mol. The Morgan fingerprint density at radius 1 is 1.43 bits per heavy atom. The first-order valence-corrected chi connectivity index (χ1v) is 8.29. The van der Waals surface area contributed by atoms with Gasteiger partial charge in [-0.1, -0.05) is 11.6 Å². The SMILES string of the molecule is CC(C)(C#N)CCCS(=O)(=O)c1cc(C(=O)O)ccc1Cl. The van der Waals surface area contributed by atoms with E-state index >= 15 is 0 Å². The summed E-state index contributed by atoms with van der Waals surface area (Å²) in [5.74, 6) is -1.39. The molecular formula is C14H16ClNO4S. The summed E-state index contributed by atoms with van der Waals surface area (Å²) in [6, 6.07) is 5.68. The van der Waals surface area contributed by atoms with Gasteiger partial charge in [0.2, 0.25) is 0 Å². The van der Waals surface area contributed by atoms with Crippen molar-refractivity contribution in [3.8, 4) is 6.07 Å². The van der Waals surface area contributed by atoms with Crippen molar-refractivity contribution in [1.82, 2.24) is 0 Å². The van der Waals surface area contributed by atoms with Gasteiger partial charge in [-0.05, 0) is 44.9 Å². The van der Waals surface area contributed by atoms with Gasteiger partial charge in [-0.25, -0.2) is 13.2 Å². The highest BCUT2D eigenvalue weighted by Gasteiger charge is 2.22. The molecule has 5 nitrogen and oxygen atoms in total. The lowest BCUT2D eigenvalue weighted by atomic mass is 9.90. The minimum atomic E-state index is -3.68. The van der Waals surface area contributed by atoms with Gasteiger partial charge < -0.3 is 5.11 Å². The van der Waals surface area contributed by atoms with Gasteiger partial charge in [0.25, 0.3) is 0 Å². The van der Waals surface area contributed by atoms with Crippen molar-refractivity contribution in [1.29, 1.82) is 5.26 Å². The van der Waals surface area contributed by atoms with Crippen molar-refractivity contribution >= 4 is 27.4 Å². The van der Waals surface area contributed by atoms with Crippen LogP contribution in [0.4, 0.5) is 0 Å². The van der Waals surface area contributed by atoms with Crippen molar-refractivity contribution < 1.29 is 18.3 Å². The highest BCUT2D eigenvalue weighted by Crippen LogP contribution is 2.26. The summed E-state index contributed by atoms with van der Waals surface area (Å²) in [5.41, 5.74) is -0.724. The fourth-order valence-electron chi connectivity index (χ4n) is 1.74. The molecule has 0 aliphatic carbocycles. The van der Waals surface area contributed by atoms with E-state index in [4.69, 9.17) is 22.0 Å². The molecule has 0 aliphatic heterocycles. The van der Waals surface area contributed by atoms with Crippen molar-refractivity contribution in [2.45, 2.75) is 31.6 Å². The van der Waals surface area contributed by atoms with Gasteiger partial charge in [0, 0.05) is 0 Å². The van der Waals surface area contributed by atoms with Crippen LogP contribution in [0.1, 0.15) is 37.0 Å². The van der Waals surface area contributed by atoms with Crippen molar-refractivity contribution in [3.05, 3.63) is 28.8 Å². The van der Waals surface area contributed by atoms with Crippen LogP contribution in [-0.4, -0.2) is 25.2 Å². The number of hydrogen-bond donors (Lipinski definition) is 1. The van der Waals surface area contributed by atoms with Crippen LogP contribution in [0.25, 0.3) is 0 Å². The number of benzene rings is 1. The molecular weight excluding hydrogens is 314 g/mol. The third kappa shape index (κ3) is 4.73. The largest absolute Gasteiger partial charge is 0.478 e. The summed E-state index contributed by atoms with van der Waals surface area (Å²) < 4.78 is 24.5. The van der Waals surface area contributed by atoms with E-state index in [1.165, 1.54) is 12.1 Å². The number of hydrogen-bond acceptors (Lipinski definition) is 4. The van der Waals surface area contributed by atoms with Crippen molar-refractivity contribution in [3.63, 3.8) is 0 Å². The molecule has 1 N–H and O–H groups in total. The highest BCUT2D eigenvalue weighted by atomic mass is 35.5. The van der Waals surface area contributed by atoms with Crippen LogP contribution >= 0.6 is 11.6 Å². The molecule has 0 aliphatic rings. The lowest BCUT2D eigenvalue weighted by molar-refractivity contribution is 0.0696. The number of nitrogens with zero attached hydrogens (tertiary/aromatic N) is 1. The molecule has 0 saturated heterocycles. The van der Waals surface area contributed by atoms with E-state index in [1.54, 1.807) is 13.8 Å². The lowest BCUT2D eigenvalue weighted by Crippen LogP contribution is -2.13. The summed E-state index contributed by atoms with van der Waals surface area (Å²) >= 11 is 5.86. The Morgan fingerprint density at radius 2 is 2.05 bits per heavy atom. The predicted molar refractivity (Wildman–Crippen MR) is 79.1 cm³/mol. The molecule has 0 fully saturated rings. The molecule has 7 heteroatoms. The van der Waals surface area contributed by atoms with E-state index in [9.17, 15) is 13.2 Å². The van der Waals surface area contributed by atoms with Crippen LogP contribution in [0.15, 0.2) is 23.1 Å². The molecule has 0 amide bonds. The maximum Gasteiger partial charge on any atom is 0.335 e. The van der Waals surface area contributed by atoms with Crippen LogP contribution in [0.3, 0.4) is 0 Å². The number of carboxylic acid groups (broad SMARTS) is 1. The Kier molecular flexibility index (Phi) is 5.37. The Labute approximate surface area is 129 Å². The number of sulfone groups is 1. The van der Waals surface area contributed by atoms with Gasteiger partial charge in [0.1, 0.15) is 0 Å². The van der Waals surface area contributed by atoms with E-state index in [1.807, 2.05) is 0 Å². The summed E-state index contributed by atoms with van der Waals surface area (Å²) in [6.45, 7) is 3.47. The van der Waals surface area contributed by atoms with Gasteiger partial charge >= 0.3 is 5.97 Å². The number of aromatic carboxylic acids is 1. The maximum absolute atomic E-state index is 12.2. The van der Waals surface area contributed by atoms with E-state index < -0.39 is 21.2 Å². The number of nitriles is 1. The first-order chi connectivity index (χ1) is 9.59. The van der Waals surface area contributed by atoms with Gasteiger partial charge in [0.05, 0.1) is 32.7 Å². The average Bonchev–Trinajstić information content (AvgIpc) is 2.38. The molecule has 0 radical (unpaired) electrons. The third-order valence-corrected chi connectivity index (χ3v) is 5.31. The van der Waals surface area contributed by atoms with Crippen molar-refractivity contribution in [2.75, 3.05) is 5.75 Å². The Bertz CT molecular complexity index is 689. The molecule has 114 valence electrons. The molecule has 0 heterocycles. The van der Waals surface area contributed by atoms with E-state index in [0.29, 0.717) is 12.8 Å². The number of halogens is 1. The standard InChI is InChI=1S/C14H16ClNO4S/c1-14(2,9-16)6-3-7-21(19,20)12-8-10(13(17)18)4-5-11(12)15/h4-5,8H,3,6-7H2,1-2H3,(H,17,18). The fourth-order valence-corrected chi connectivity index (χ4v) is 3.63. The van der Waals surface area contributed by atoms with E-state index in [-0.39, 0.29) is 21.2 Å². The smallest absolute Gasteiger partial charge is 0.335 e. The van der Waals surface area contributed by atoms with Crippen LogP contribution < -0.4 is 0 Å². The van der Waals surface area contributed by atoms with Gasteiger partial charge in [-0.15, -0.1) is 0 Å². The zero-order valence-corrected chi connectivity index (χ0v) is 13.3. The number of carboxylic acids is 1. The van der Waals surface area contributed by atoms with Crippen LogP contribution in [0.2, 0.25) is 5.02 Å². The molecule has 1 rings (SSSR count). The summed E-state index contributed by atoms with van der Waals surface area (Å²) in [5, 5.41) is 17.8. The fraction of sp³-hybridized carbons (Fsp3) is 0.429. The number of carbonyl (C=O) groups is 1.